The number of halogens is 1. The third kappa shape index (κ3) is 3.01. The summed E-state index contributed by atoms with van der Waals surface area (Å²) in [6.45, 7) is 0.482. The number of hydrogen-bond donors (Lipinski definition) is 0. The molecule has 16 heavy (non-hydrogen) atoms. The molecule has 0 fully saturated rings. The summed E-state index contributed by atoms with van der Waals surface area (Å²) in [4.78, 5) is 0. The van der Waals surface area contributed by atoms with Gasteiger partial charge in [-0.3, -0.25) is 0 Å². The van der Waals surface area contributed by atoms with Crippen molar-refractivity contribution in [3.8, 4) is 5.75 Å². The molecule has 2 aromatic carbocycles. The lowest BCUT2D eigenvalue weighted by Gasteiger charge is -2.11. The van der Waals surface area contributed by atoms with Gasteiger partial charge in [0.25, 0.3) is 0 Å². The highest BCUT2D eigenvalue weighted by Gasteiger charge is 2.07. The van der Waals surface area contributed by atoms with E-state index >= 15 is 0 Å². The van der Waals surface area contributed by atoms with Crippen LogP contribution >= 0.6 is 11.6 Å². The van der Waals surface area contributed by atoms with Gasteiger partial charge in [0, 0.05) is 0 Å². The summed E-state index contributed by atoms with van der Waals surface area (Å²) in [5.74, 6) is 0.851. The maximum absolute atomic E-state index is 6.23. The molecule has 1 nitrogen and oxygen atoms in total. The Morgan fingerprint density at radius 1 is 0.875 bits per heavy atom. The van der Waals surface area contributed by atoms with Gasteiger partial charge in [0.1, 0.15) is 12.4 Å². The summed E-state index contributed by atoms with van der Waals surface area (Å²) in [5.41, 5.74) is 1.08. The molecule has 1 unspecified atom stereocenters. The van der Waals surface area contributed by atoms with E-state index in [1.807, 2.05) is 60.7 Å². The second-order valence-corrected chi connectivity index (χ2v) is 4.03. The number of alkyl halides is 1. The van der Waals surface area contributed by atoms with Crippen LogP contribution < -0.4 is 4.74 Å². The molecule has 0 saturated heterocycles. The molecule has 0 saturated carbocycles. The van der Waals surface area contributed by atoms with E-state index in [0.717, 1.165) is 11.3 Å². The molecule has 0 aliphatic rings. The minimum absolute atomic E-state index is 0.110. The number of hydrogen-bond acceptors (Lipinski definition) is 1. The second-order valence-electron chi connectivity index (χ2n) is 3.50. The summed E-state index contributed by atoms with van der Waals surface area (Å²) in [6.07, 6.45) is 0. The zero-order valence-electron chi connectivity index (χ0n) is 8.84. The number of para-hydroxylation sites is 1. The highest BCUT2D eigenvalue weighted by atomic mass is 35.5. The molecule has 0 aliphatic heterocycles. The number of ether oxygens (including phenoxy) is 1. The first-order valence-corrected chi connectivity index (χ1v) is 5.67. The minimum Gasteiger partial charge on any atom is -0.492 e. The molecule has 0 spiro atoms. The van der Waals surface area contributed by atoms with Crippen molar-refractivity contribution in [3.63, 3.8) is 0 Å². The minimum atomic E-state index is -0.110. The van der Waals surface area contributed by atoms with Crippen molar-refractivity contribution in [3.05, 3.63) is 66.2 Å². The van der Waals surface area contributed by atoms with Gasteiger partial charge in [-0.15, -0.1) is 11.6 Å². The predicted molar refractivity (Wildman–Crippen MR) is 67.0 cm³/mol. The number of benzene rings is 2. The predicted octanol–water partition coefficient (Wildman–Crippen LogP) is 4.05. The first-order valence-electron chi connectivity index (χ1n) is 5.23. The topological polar surface area (TPSA) is 9.23 Å². The zero-order valence-corrected chi connectivity index (χ0v) is 9.60. The molecule has 0 radical (unpaired) electrons. The van der Waals surface area contributed by atoms with Crippen molar-refractivity contribution >= 4 is 11.6 Å². The van der Waals surface area contributed by atoms with Crippen LogP contribution in [-0.2, 0) is 0 Å². The fraction of sp³-hybridized carbons (Fsp3) is 0.143. The standard InChI is InChI=1S/C14H13ClO/c15-14(12-7-3-1-4-8-12)11-16-13-9-5-2-6-10-13/h1-10,14H,11H2. The van der Waals surface area contributed by atoms with Crippen molar-refractivity contribution in [1.29, 1.82) is 0 Å². The van der Waals surface area contributed by atoms with Crippen LogP contribution in [0.5, 0.6) is 5.75 Å². The molecule has 2 heteroatoms. The quantitative estimate of drug-likeness (QED) is 0.723. The van der Waals surface area contributed by atoms with Gasteiger partial charge in [-0.1, -0.05) is 48.5 Å². The Kier molecular flexibility index (Phi) is 3.84. The lowest BCUT2D eigenvalue weighted by atomic mass is 10.1. The first kappa shape index (κ1) is 11.0. The lowest BCUT2D eigenvalue weighted by molar-refractivity contribution is 0.316. The van der Waals surface area contributed by atoms with Gasteiger partial charge in [0.2, 0.25) is 0 Å². The van der Waals surface area contributed by atoms with Gasteiger partial charge in [0.05, 0.1) is 5.38 Å². The Morgan fingerprint density at radius 2 is 1.44 bits per heavy atom. The molecule has 0 N–H and O–H groups in total. The fourth-order valence-electron chi connectivity index (χ4n) is 1.44. The van der Waals surface area contributed by atoms with Gasteiger partial charge in [-0.2, -0.15) is 0 Å². The van der Waals surface area contributed by atoms with Crippen LogP contribution in [0, 0.1) is 0 Å². The summed E-state index contributed by atoms with van der Waals surface area (Å²) in [7, 11) is 0. The van der Waals surface area contributed by atoms with Gasteiger partial charge in [-0.25, -0.2) is 0 Å². The second kappa shape index (κ2) is 5.57. The largest absolute Gasteiger partial charge is 0.492 e. The third-order valence-corrected chi connectivity index (χ3v) is 2.68. The Bertz CT molecular complexity index is 413. The van der Waals surface area contributed by atoms with Crippen molar-refractivity contribution in [2.24, 2.45) is 0 Å². The van der Waals surface area contributed by atoms with Crippen LogP contribution in [-0.4, -0.2) is 6.61 Å². The van der Waals surface area contributed by atoms with Crippen molar-refractivity contribution < 1.29 is 4.74 Å². The highest BCUT2D eigenvalue weighted by Crippen LogP contribution is 2.21. The summed E-state index contributed by atoms with van der Waals surface area (Å²) < 4.78 is 5.59. The first-order chi connectivity index (χ1) is 7.86. The SMILES string of the molecule is ClC(COc1ccccc1)c1ccccc1. The monoisotopic (exact) mass is 232 g/mol. The average molecular weight is 233 g/mol. The van der Waals surface area contributed by atoms with Gasteiger partial charge in [0.15, 0.2) is 0 Å². The average Bonchev–Trinajstić information content (AvgIpc) is 2.38. The Morgan fingerprint density at radius 3 is 2.06 bits per heavy atom. The zero-order chi connectivity index (χ0) is 11.2. The maximum Gasteiger partial charge on any atom is 0.119 e. The van der Waals surface area contributed by atoms with Crippen molar-refractivity contribution in [1.82, 2.24) is 0 Å². The van der Waals surface area contributed by atoms with E-state index in [1.165, 1.54) is 0 Å². The Balaban J connectivity index is 1.92. The summed E-state index contributed by atoms with van der Waals surface area (Å²) >= 11 is 6.23. The molecule has 2 aromatic rings. The molecule has 82 valence electrons. The van der Waals surface area contributed by atoms with Crippen LogP contribution in [0.25, 0.3) is 0 Å². The van der Waals surface area contributed by atoms with Crippen molar-refractivity contribution in [2.45, 2.75) is 5.38 Å². The molecular formula is C14H13ClO. The molecule has 0 aliphatic carbocycles. The van der Waals surface area contributed by atoms with E-state index in [9.17, 15) is 0 Å². The van der Waals surface area contributed by atoms with E-state index < -0.39 is 0 Å². The van der Waals surface area contributed by atoms with Crippen LogP contribution in [0.2, 0.25) is 0 Å². The van der Waals surface area contributed by atoms with Gasteiger partial charge < -0.3 is 4.74 Å². The molecule has 0 amide bonds. The normalized spacial score (nSPS) is 12.1. The van der Waals surface area contributed by atoms with E-state index in [4.69, 9.17) is 16.3 Å². The highest BCUT2D eigenvalue weighted by molar-refractivity contribution is 6.20. The molecule has 0 aromatic heterocycles. The Hall–Kier alpha value is -1.47. The van der Waals surface area contributed by atoms with E-state index in [1.54, 1.807) is 0 Å². The fourth-order valence-corrected chi connectivity index (χ4v) is 1.65. The smallest absolute Gasteiger partial charge is 0.119 e. The maximum atomic E-state index is 6.23. The van der Waals surface area contributed by atoms with E-state index in [0.29, 0.717) is 6.61 Å². The summed E-state index contributed by atoms with van der Waals surface area (Å²) in [5, 5.41) is -0.110. The molecule has 0 heterocycles. The summed E-state index contributed by atoms with van der Waals surface area (Å²) in [6, 6.07) is 19.7. The van der Waals surface area contributed by atoms with Crippen LogP contribution in [0.4, 0.5) is 0 Å². The third-order valence-electron chi connectivity index (χ3n) is 2.30. The number of rotatable bonds is 4. The molecule has 2 rings (SSSR count). The molecular weight excluding hydrogens is 220 g/mol. The Labute approximate surface area is 101 Å². The van der Waals surface area contributed by atoms with Crippen LogP contribution in [0.15, 0.2) is 60.7 Å². The van der Waals surface area contributed by atoms with Gasteiger partial charge >= 0.3 is 0 Å². The van der Waals surface area contributed by atoms with Gasteiger partial charge in [-0.05, 0) is 17.7 Å². The van der Waals surface area contributed by atoms with E-state index in [-0.39, 0.29) is 5.38 Å². The van der Waals surface area contributed by atoms with Crippen molar-refractivity contribution in [2.75, 3.05) is 6.61 Å². The lowest BCUT2D eigenvalue weighted by Crippen LogP contribution is -2.04. The molecule has 0 bridgehead atoms. The van der Waals surface area contributed by atoms with Crippen LogP contribution in [0.3, 0.4) is 0 Å². The molecule has 1 atom stereocenters. The van der Waals surface area contributed by atoms with E-state index in [2.05, 4.69) is 0 Å². The van der Waals surface area contributed by atoms with Crippen LogP contribution in [0.1, 0.15) is 10.9 Å².